The van der Waals surface area contributed by atoms with Crippen LogP contribution < -0.4 is 0 Å². The number of ether oxygens (including phenoxy) is 1. The molecule has 0 radical (unpaired) electrons. The maximum atomic E-state index is 13.1. The number of piperidine rings is 1. The highest BCUT2D eigenvalue weighted by Crippen LogP contribution is 2.20. The minimum Gasteiger partial charge on any atom is -0.481 e. The number of likely N-dealkylation sites (tertiary alicyclic amines) is 1. The number of hydrogen-bond donors (Lipinski definition) is 1. The van der Waals surface area contributed by atoms with Gasteiger partial charge in [-0.3, -0.25) is 9.69 Å². The summed E-state index contributed by atoms with van der Waals surface area (Å²) in [5.41, 5.74) is 0.992. The molecule has 21 heavy (non-hydrogen) atoms. The minimum absolute atomic E-state index is 0.0499. The van der Waals surface area contributed by atoms with Crippen LogP contribution in [0.1, 0.15) is 24.8 Å². The first-order valence-corrected chi connectivity index (χ1v) is 7.42. The van der Waals surface area contributed by atoms with Crippen LogP contribution in [0.25, 0.3) is 0 Å². The van der Waals surface area contributed by atoms with Crippen molar-refractivity contribution in [2.75, 3.05) is 19.7 Å². The molecule has 0 aromatic heterocycles. The van der Waals surface area contributed by atoms with E-state index >= 15 is 0 Å². The van der Waals surface area contributed by atoms with Crippen LogP contribution in [0.15, 0.2) is 18.2 Å². The Hall–Kier alpha value is -1.17. The van der Waals surface area contributed by atoms with E-state index in [-0.39, 0.29) is 24.2 Å². The van der Waals surface area contributed by atoms with Gasteiger partial charge in [-0.15, -0.1) is 0 Å². The summed E-state index contributed by atoms with van der Waals surface area (Å²) in [5.74, 6) is -1.23. The second-order valence-corrected chi connectivity index (χ2v) is 5.65. The molecule has 1 saturated heterocycles. The number of rotatable bonds is 6. The lowest BCUT2D eigenvalue weighted by Gasteiger charge is -2.31. The van der Waals surface area contributed by atoms with Crippen LogP contribution in [0.5, 0.6) is 0 Å². The molecule has 1 fully saturated rings. The van der Waals surface area contributed by atoms with Crippen molar-refractivity contribution in [2.24, 2.45) is 0 Å². The summed E-state index contributed by atoms with van der Waals surface area (Å²) < 4.78 is 18.6. The number of hydrogen-bond acceptors (Lipinski definition) is 3. The fraction of sp³-hybridized carbons (Fsp3) is 0.533. The number of carbonyl (C=O) groups is 1. The van der Waals surface area contributed by atoms with E-state index in [1.54, 1.807) is 12.1 Å². The van der Waals surface area contributed by atoms with Crippen LogP contribution in [-0.2, 0) is 16.1 Å². The van der Waals surface area contributed by atoms with E-state index in [4.69, 9.17) is 21.4 Å². The molecule has 6 heteroatoms. The van der Waals surface area contributed by atoms with Gasteiger partial charge in [-0.05, 0) is 30.5 Å². The smallest absolute Gasteiger partial charge is 0.305 e. The summed E-state index contributed by atoms with van der Waals surface area (Å²) in [4.78, 5) is 12.7. The molecule has 1 aromatic rings. The molecule has 0 amide bonds. The van der Waals surface area contributed by atoms with Gasteiger partial charge in [0.1, 0.15) is 5.82 Å². The summed E-state index contributed by atoms with van der Waals surface area (Å²) in [5, 5.41) is 8.72. The molecular weight excluding hydrogens is 297 g/mol. The Morgan fingerprint density at radius 3 is 2.76 bits per heavy atom. The molecule has 0 bridgehead atoms. The van der Waals surface area contributed by atoms with Gasteiger partial charge in [0.2, 0.25) is 0 Å². The molecule has 0 atom stereocenters. The van der Waals surface area contributed by atoms with Gasteiger partial charge in [0, 0.05) is 19.6 Å². The first kappa shape index (κ1) is 16.2. The minimum atomic E-state index is -0.833. The highest BCUT2D eigenvalue weighted by Gasteiger charge is 2.20. The number of nitrogens with zero attached hydrogens (tertiary/aromatic N) is 1. The van der Waals surface area contributed by atoms with Crippen molar-refractivity contribution >= 4 is 17.6 Å². The predicted molar refractivity (Wildman–Crippen MR) is 77.9 cm³/mol. The van der Waals surface area contributed by atoms with Gasteiger partial charge in [0.25, 0.3) is 0 Å². The second kappa shape index (κ2) is 7.73. The van der Waals surface area contributed by atoms with Crippen molar-refractivity contribution in [2.45, 2.75) is 31.9 Å². The maximum absolute atomic E-state index is 13.1. The first-order valence-electron chi connectivity index (χ1n) is 7.04. The van der Waals surface area contributed by atoms with E-state index in [0.717, 1.165) is 38.0 Å². The largest absolute Gasteiger partial charge is 0.481 e. The van der Waals surface area contributed by atoms with Crippen molar-refractivity contribution in [3.05, 3.63) is 34.6 Å². The summed E-state index contributed by atoms with van der Waals surface area (Å²) in [6, 6.07) is 4.79. The molecule has 1 N–H and O–H groups in total. The predicted octanol–water partition coefficient (Wildman–Crippen LogP) is 2.93. The lowest BCUT2D eigenvalue weighted by atomic mass is 10.1. The molecule has 116 valence electrons. The molecule has 4 nitrogen and oxygen atoms in total. The van der Waals surface area contributed by atoms with Crippen LogP contribution in [-0.4, -0.2) is 41.8 Å². The van der Waals surface area contributed by atoms with Gasteiger partial charge < -0.3 is 9.84 Å². The van der Waals surface area contributed by atoms with E-state index in [9.17, 15) is 9.18 Å². The normalized spacial score (nSPS) is 17.0. The van der Waals surface area contributed by atoms with Gasteiger partial charge in [0.05, 0.1) is 24.2 Å². The van der Waals surface area contributed by atoms with Crippen molar-refractivity contribution in [3.8, 4) is 0 Å². The highest BCUT2D eigenvalue weighted by atomic mass is 35.5. The quantitative estimate of drug-likeness (QED) is 0.877. The summed E-state index contributed by atoms with van der Waals surface area (Å²) >= 11 is 5.78. The van der Waals surface area contributed by atoms with E-state index in [2.05, 4.69) is 4.90 Å². The number of aliphatic carboxylic acids is 1. The van der Waals surface area contributed by atoms with Crippen LogP contribution in [0, 0.1) is 5.82 Å². The monoisotopic (exact) mass is 315 g/mol. The van der Waals surface area contributed by atoms with Crippen LogP contribution in [0.2, 0.25) is 5.02 Å². The molecule has 2 rings (SSSR count). The fourth-order valence-electron chi connectivity index (χ4n) is 2.44. The van der Waals surface area contributed by atoms with Crippen LogP contribution in [0.4, 0.5) is 4.39 Å². The van der Waals surface area contributed by atoms with E-state index < -0.39 is 11.8 Å². The molecule has 1 heterocycles. The lowest BCUT2D eigenvalue weighted by Crippen LogP contribution is -2.36. The third-order valence-corrected chi connectivity index (χ3v) is 3.88. The molecule has 1 aliphatic rings. The zero-order valence-electron chi connectivity index (χ0n) is 11.7. The Morgan fingerprint density at radius 2 is 2.14 bits per heavy atom. The average molecular weight is 316 g/mol. The Kier molecular flexibility index (Phi) is 5.96. The molecule has 1 aliphatic heterocycles. The standard InChI is InChI=1S/C15H19ClFNO3/c16-13-9-11(1-2-14(13)17)10-18-6-3-12(4-7-18)21-8-5-15(19)20/h1-2,9,12H,3-8,10H2,(H,19,20). The number of carboxylic acid groups (broad SMARTS) is 1. The van der Waals surface area contributed by atoms with E-state index in [1.807, 2.05) is 0 Å². The van der Waals surface area contributed by atoms with Gasteiger partial charge in [-0.1, -0.05) is 17.7 Å². The Labute approximate surface area is 128 Å². The third kappa shape index (κ3) is 5.26. The SMILES string of the molecule is O=C(O)CCOC1CCN(Cc2ccc(F)c(Cl)c2)CC1. The zero-order chi connectivity index (χ0) is 15.2. The Morgan fingerprint density at radius 1 is 1.43 bits per heavy atom. The molecule has 0 unspecified atom stereocenters. The third-order valence-electron chi connectivity index (χ3n) is 3.59. The topological polar surface area (TPSA) is 49.8 Å². The summed E-state index contributed by atoms with van der Waals surface area (Å²) in [6.45, 7) is 2.77. The number of benzene rings is 1. The van der Waals surface area contributed by atoms with E-state index in [0.29, 0.717) is 0 Å². The number of halogens is 2. The first-order chi connectivity index (χ1) is 10.0. The van der Waals surface area contributed by atoms with Crippen LogP contribution in [0.3, 0.4) is 0 Å². The molecule has 1 aromatic carbocycles. The van der Waals surface area contributed by atoms with Gasteiger partial charge in [0.15, 0.2) is 0 Å². The Bertz CT molecular complexity index is 490. The van der Waals surface area contributed by atoms with Crippen molar-refractivity contribution in [3.63, 3.8) is 0 Å². The maximum Gasteiger partial charge on any atom is 0.305 e. The fourth-order valence-corrected chi connectivity index (χ4v) is 2.65. The van der Waals surface area contributed by atoms with Gasteiger partial charge in [-0.25, -0.2) is 4.39 Å². The van der Waals surface area contributed by atoms with Crippen LogP contribution >= 0.6 is 11.6 Å². The molecular formula is C15H19ClFNO3. The summed E-state index contributed by atoms with van der Waals surface area (Å²) in [6.07, 6.45) is 1.95. The van der Waals surface area contributed by atoms with Gasteiger partial charge in [-0.2, -0.15) is 0 Å². The lowest BCUT2D eigenvalue weighted by molar-refractivity contribution is -0.138. The second-order valence-electron chi connectivity index (χ2n) is 5.24. The van der Waals surface area contributed by atoms with Gasteiger partial charge >= 0.3 is 5.97 Å². The number of carboxylic acids is 1. The zero-order valence-corrected chi connectivity index (χ0v) is 12.5. The average Bonchev–Trinajstić information content (AvgIpc) is 2.44. The highest BCUT2D eigenvalue weighted by molar-refractivity contribution is 6.30. The molecule has 0 saturated carbocycles. The summed E-state index contributed by atoms with van der Waals surface area (Å²) in [7, 11) is 0. The van der Waals surface area contributed by atoms with Crippen molar-refractivity contribution < 1.29 is 19.0 Å². The van der Waals surface area contributed by atoms with E-state index in [1.165, 1.54) is 6.07 Å². The molecule has 0 aliphatic carbocycles. The Balaban J connectivity index is 1.73. The molecule has 0 spiro atoms. The van der Waals surface area contributed by atoms with Crippen molar-refractivity contribution in [1.29, 1.82) is 0 Å². The van der Waals surface area contributed by atoms with Crippen molar-refractivity contribution in [1.82, 2.24) is 4.90 Å².